The number of carbonyl (C=O) groups excluding carboxylic acids is 12. The smallest absolute Gasteiger partial charge is 0.251 e. The number of quaternary nitrogens is 1. The first-order valence-corrected chi connectivity index (χ1v) is 43.0. The zero-order valence-electron chi connectivity index (χ0n) is 71.2. The van der Waals surface area contributed by atoms with Gasteiger partial charge in [-0.25, -0.2) is 0 Å². The van der Waals surface area contributed by atoms with Crippen molar-refractivity contribution in [3.05, 3.63) is 138 Å². The molecule has 670 valence electrons. The van der Waals surface area contributed by atoms with Crippen LogP contribution in [-0.4, -0.2) is 290 Å². The zero-order chi connectivity index (χ0) is 90.1. The fraction of sp³-hybridized carbons (Fsp3) is 0.523. The highest BCUT2D eigenvalue weighted by atomic mass is 32.2. The SMILES string of the molecule is CCCCCOc1ccc(-c2ccc(-c3ccc(C(=O)N[C@H]4C[C@@H](O)[C@@H](OCC[N+](C)(C)C)NC(=O)[C@@H]5[C@@H](O)[C@@H](C)CN5C(=O)[C@H]([C@@H](C)O)NC(=O)[C@H]([C@H](O)[C@@H](O)c5ccc(O)c(NC(=O)CCNC(=O)[C@H](Cc6ccccc6)NC(=O)[C@H](CC(C)C)NC(=O)[C@H](CCSC)NC=O)c5)CC(=O)[C@@H]5C[C@@H](O)CN5C(=O)[C@H]([C@@H](C)O)NC4=O)cc3)cc2)cc1. The molecular weight excluding hydrogens is 1610 g/mol. The summed E-state index contributed by atoms with van der Waals surface area (Å²) in [5.41, 5.74) is 3.32. The molecule has 0 unspecified atom stereocenters. The number of nitrogens with one attached hydrogen (secondary N) is 9. The first-order chi connectivity index (χ1) is 58.4. The molecule has 3 fully saturated rings. The minimum atomic E-state index is -2.45. The molecular formula is C88H121N12O22S+. The third-order valence-corrected chi connectivity index (χ3v) is 22.5. The lowest BCUT2D eigenvalue weighted by Gasteiger charge is -2.34. The Hall–Kier alpha value is -10.5. The van der Waals surface area contributed by atoms with Crippen molar-refractivity contribution in [2.45, 2.75) is 203 Å². The number of likely N-dealkylation sites (N-methyl/N-ethyl adjacent to an activating group) is 1. The largest absolute Gasteiger partial charge is 0.506 e. The van der Waals surface area contributed by atoms with Crippen molar-refractivity contribution in [3.63, 3.8) is 0 Å². The molecule has 0 bridgehead atoms. The number of phenolic OH excluding ortho intramolecular Hbond substituents is 1. The summed E-state index contributed by atoms with van der Waals surface area (Å²) in [6.45, 7) is 8.75. The fourth-order valence-electron chi connectivity index (χ4n) is 14.8. The van der Waals surface area contributed by atoms with Gasteiger partial charge in [-0.2, -0.15) is 11.8 Å². The van der Waals surface area contributed by atoms with E-state index >= 15 is 24.0 Å². The highest BCUT2D eigenvalue weighted by Gasteiger charge is 2.51. The lowest BCUT2D eigenvalue weighted by molar-refractivity contribution is -0.870. The maximum atomic E-state index is 15.2. The highest BCUT2D eigenvalue weighted by Crippen LogP contribution is 2.35. The number of hydrogen-bond donors (Lipinski definition) is 17. The quantitative estimate of drug-likeness (QED) is 0.0117. The Morgan fingerprint density at radius 3 is 1.87 bits per heavy atom. The van der Waals surface area contributed by atoms with Gasteiger partial charge in [-0.05, 0) is 121 Å². The molecule has 123 heavy (non-hydrogen) atoms. The van der Waals surface area contributed by atoms with Gasteiger partial charge in [0.2, 0.25) is 59.6 Å². The fourth-order valence-corrected chi connectivity index (χ4v) is 15.3. The summed E-state index contributed by atoms with van der Waals surface area (Å²) in [5.74, 6) is -13.6. The number of fused-ring (bicyclic) bond motifs is 2. The third-order valence-electron chi connectivity index (χ3n) is 21.9. The number of amides is 11. The number of carbonyl (C=O) groups is 12. The van der Waals surface area contributed by atoms with Crippen LogP contribution in [-0.2, 0) is 63.9 Å². The molecule has 35 heteroatoms. The predicted octanol–water partition coefficient (Wildman–Crippen LogP) is 1.46. The predicted molar refractivity (Wildman–Crippen MR) is 457 cm³/mol. The number of Topliss-reactive ketones (excluding diaryl/α,β-unsaturated/α-hetero) is 1. The number of aliphatic hydroxyl groups is 7. The molecule has 5 aromatic rings. The number of benzene rings is 5. The van der Waals surface area contributed by atoms with Gasteiger partial charge in [0.1, 0.15) is 72.5 Å². The van der Waals surface area contributed by atoms with Crippen LogP contribution in [0.15, 0.2) is 121 Å². The highest BCUT2D eigenvalue weighted by molar-refractivity contribution is 7.98. The number of unbranched alkanes of at least 4 members (excludes halogenated alkanes) is 2. The summed E-state index contributed by atoms with van der Waals surface area (Å²) in [4.78, 5) is 174. The first-order valence-electron chi connectivity index (χ1n) is 41.6. The van der Waals surface area contributed by atoms with Crippen LogP contribution < -0.4 is 52.6 Å². The summed E-state index contributed by atoms with van der Waals surface area (Å²) < 4.78 is 12.3. The van der Waals surface area contributed by atoms with Gasteiger partial charge < -0.3 is 112 Å². The first kappa shape index (κ1) is 98.0. The Labute approximate surface area is 720 Å². The van der Waals surface area contributed by atoms with E-state index in [4.69, 9.17) is 9.47 Å². The molecule has 8 rings (SSSR count). The van der Waals surface area contributed by atoms with Gasteiger partial charge in [-0.1, -0.05) is 125 Å². The number of nitrogens with zero attached hydrogens (tertiary/aromatic N) is 3. The van der Waals surface area contributed by atoms with Crippen LogP contribution in [0.4, 0.5) is 5.69 Å². The van der Waals surface area contributed by atoms with Crippen molar-refractivity contribution < 1.29 is 112 Å². The average molecular weight is 1730 g/mol. The van der Waals surface area contributed by atoms with Crippen LogP contribution in [0.5, 0.6) is 11.5 Å². The van der Waals surface area contributed by atoms with Gasteiger partial charge >= 0.3 is 0 Å². The number of aliphatic hydroxyl groups excluding tert-OH is 7. The molecule has 17 N–H and O–H groups in total. The van der Waals surface area contributed by atoms with Crippen LogP contribution >= 0.6 is 11.8 Å². The Morgan fingerprint density at radius 2 is 1.28 bits per heavy atom. The van der Waals surface area contributed by atoms with Crippen LogP contribution in [0.1, 0.15) is 127 Å². The number of phenols is 1. The summed E-state index contributed by atoms with van der Waals surface area (Å²) in [6.07, 6.45) is -12.7. The number of hydrogen-bond acceptors (Lipinski definition) is 23. The van der Waals surface area contributed by atoms with Gasteiger partial charge in [-0.3, -0.25) is 57.5 Å². The summed E-state index contributed by atoms with van der Waals surface area (Å²) in [7, 11) is 5.46. The van der Waals surface area contributed by atoms with E-state index in [-0.39, 0.29) is 66.2 Å². The molecule has 3 saturated heterocycles. The van der Waals surface area contributed by atoms with Crippen molar-refractivity contribution >= 4 is 88.7 Å². The van der Waals surface area contributed by atoms with Crippen molar-refractivity contribution in [1.82, 2.24) is 52.3 Å². The maximum absolute atomic E-state index is 15.2. The lowest BCUT2D eigenvalue weighted by atomic mass is 9.86. The molecule has 18 atom stereocenters. The summed E-state index contributed by atoms with van der Waals surface area (Å²) >= 11 is 1.46. The van der Waals surface area contributed by atoms with E-state index in [0.29, 0.717) is 29.9 Å². The molecule has 34 nitrogen and oxygen atoms in total. The topological polar surface area (TPSA) is 500 Å². The van der Waals surface area contributed by atoms with E-state index in [1.54, 1.807) is 42.5 Å². The second-order valence-corrected chi connectivity index (χ2v) is 34.3. The summed E-state index contributed by atoms with van der Waals surface area (Å²) in [5, 5.41) is 117. The van der Waals surface area contributed by atoms with Gasteiger partial charge in [0.25, 0.3) is 5.91 Å². The standard InChI is InChI=1S/C88H120N12O22S/c1-11-12-16-37-121-61-30-27-57(28-31-61)55-21-19-54(20-22-55)56-23-25-58(26-24-56)79(112)92-67-45-71(107)86(122-38-36-100(7,8)9)97-85(118)75-76(109)50(4)46-99(75)88(120)74(52(6)103)95-80(113)62(44-70(106)68-43-60(104)47-98(68)87(119)73(51(5)102)96-84(67)117)78(111)77(110)59-29-32-69(105)64(42-59)91-72(108)33-35-89-81(114)66(41-53-17-14-13-15-18-53)94-83(116)65(40-49(2)3)93-82(115)63(90-48-101)34-39-123-10/h13-15,17-32,42,48-52,60,62-63,65-68,71,73-78,86,102-104,107,109-111H,11-12,16,33-41,43-47H2,1-10H3,(H9-,89,90,91,92,93,94,95,96,97,101,105,108,112,113,114,115,116,117,118)/p+1/t50-,51+,52+,60+,62-,63-,65-,66-,67-,68-,71+,73-,74-,75-,76-,77-,78-,86+/m0/s1. The average Bonchev–Trinajstić information content (AvgIpc) is 1.65. The molecule has 0 aromatic heterocycles. The maximum Gasteiger partial charge on any atom is 0.251 e. The second kappa shape index (κ2) is 46.3. The van der Waals surface area contributed by atoms with E-state index in [1.807, 2.05) is 89.8 Å². The Kier molecular flexibility index (Phi) is 36.9. The Morgan fingerprint density at radius 1 is 0.683 bits per heavy atom. The lowest BCUT2D eigenvalue weighted by Crippen LogP contribution is -2.61. The third kappa shape index (κ3) is 28.0. The van der Waals surface area contributed by atoms with Gasteiger partial charge in [-0.15, -0.1) is 0 Å². The number of aromatic hydroxyl groups is 1. The normalized spacial score (nSPS) is 23.1. The van der Waals surface area contributed by atoms with Crippen molar-refractivity contribution in [2.24, 2.45) is 17.8 Å². The molecule has 3 aliphatic rings. The van der Waals surface area contributed by atoms with Gasteiger partial charge in [0.15, 0.2) is 12.0 Å². The van der Waals surface area contributed by atoms with E-state index < -0.39 is 219 Å². The van der Waals surface area contributed by atoms with Crippen LogP contribution in [0.3, 0.4) is 0 Å². The van der Waals surface area contributed by atoms with Crippen molar-refractivity contribution in [3.8, 4) is 33.8 Å². The molecule has 0 saturated carbocycles. The van der Waals surface area contributed by atoms with Crippen LogP contribution in [0.25, 0.3) is 22.3 Å². The molecule has 11 amide bonds. The molecule has 5 aromatic carbocycles. The minimum Gasteiger partial charge on any atom is -0.506 e. The van der Waals surface area contributed by atoms with E-state index in [0.717, 1.165) is 83.5 Å². The number of rotatable bonds is 36. The van der Waals surface area contributed by atoms with Crippen molar-refractivity contribution in [2.75, 3.05) is 77.9 Å². The molecule has 0 radical (unpaired) electrons. The minimum absolute atomic E-state index is 0.0101. The molecule has 0 spiro atoms. The van der Waals surface area contributed by atoms with Crippen LogP contribution in [0, 0.1) is 17.8 Å². The Bertz CT molecular complexity index is 4410. The van der Waals surface area contributed by atoms with Crippen LogP contribution in [0.2, 0.25) is 0 Å². The molecule has 3 heterocycles. The molecule has 0 aliphatic carbocycles. The number of ether oxygens (including phenoxy) is 2. The number of thioether (sulfide) groups is 1. The Balaban J connectivity index is 1.06. The van der Waals surface area contributed by atoms with E-state index in [2.05, 4.69) is 54.8 Å². The zero-order valence-corrected chi connectivity index (χ0v) is 72.0. The van der Waals surface area contributed by atoms with E-state index in [1.165, 1.54) is 30.8 Å². The van der Waals surface area contributed by atoms with E-state index in [9.17, 15) is 74.4 Å². The van der Waals surface area contributed by atoms with Gasteiger partial charge in [0.05, 0.1) is 82.5 Å². The molecule has 3 aliphatic heterocycles. The second-order valence-electron chi connectivity index (χ2n) is 33.3. The van der Waals surface area contributed by atoms with Crippen molar-refractivity contribution in [1.29, 1.82) is 0 Å². The van der Waals surface area contributed by atoms with Gasteiger partial charge in [0, 0.05) is 63.2 Å². The summed E-state index contributed by atoms with van der Waals surface area (Å²) in [6, 6.07) is 20.6. The monoisotopic (exact) mass is 1730 g/mol. The number of ketones is 1. The number of anilines is 1.